The lowest BCUT2D eigenvalue weighted by Gasteiger charge is -2.17. The number of fused-ring (bicyclic) bond motifs is 2. The third-order valence-corrected chi connectivity index (χ3v) is 7.33. The van der Waals surface area contributed by atoms with Crippen molar-refractivity contribution in [1.82, 2.24) is 4.98 Å². The third-order valence-electron chi connectivity index (χ3n) is 7.33. The normalized spacial score (nSPS) is 11.6. The first-order valence-electron chi connectivity index (χ1n) is 13.4. The average molecular weight is 563 g/mol. The standard InChI is InChI=1S/C35H25F3N2O2/c36-35(37,38)30-15-7-14-28-32(27(21-40-33(28)30)16-22-8-2-1-3-9-22)26-13-6-10-23(17-26)20-39-31-19-25-12-5-4-11-24(25)18-29(31)34(41)42/h1-15,17-19,21,39H,16,20H2,(H,41,42). The number of carbonyl (C=O) groups is 1. The maximum absolute atomic E-state index is 13.9. The van der Waals surface area contributed by atoms with Crippen LogP contribution in [0.25, 0.3) is 32.8 Å². The van der Waals surface area contributed by atoms with Crippen molar-refractivity contribution in [3.05, 3.63) is 143 Å². The van der Waals surface area contributed by atoms with E-state index in [0.717, 1.165) is 39.1 Å². The number of carboxylic acids is 1. The predicted octanol–water partition coefficient (Wildman–Crippen LogP) is 8.97. The molecule has 1 heterocycles. The van der Waals surface area contributed by atoms with E-state index in [1.807, 2.05) is 84.9 Å². The van der Waals surface area contributed by atoms with E-state index in [1.54, 1.807) is 18.3 Å². The molecule has 0 unspecified atom stereocenters. The molecule has 7 heteroatoms. The first-order chi connectivity index (χ1) is 20.3. The maximum Gasteiger partial charge on any atom is 0.418 e. The summed E-state index contributed by atoms with van der Waals surface area (Å²) >= 11 is 0. The number of alkyl halides is 3. The van der Waals surface area contributed by atoms with E-state index >= 15 is 0 Å². The van der Waals surface area contributed by atoms with Gasteiger partial charge in [-0.25, -0.2) is 4.79 Å². The molecule has 4 nitrogen and oxygen atoms in total. The molecule has 42 heavy (non-hydrogen) atoms. The fourth-order valence-corrected chi connectivity index (χ4v) is 5.38. The Kier molecular flexibility index (Phi) is 7.08. The number of para-hydroxylation sites is 1. The van der Waals surface area contributed by atoms with Crippen molar-refractivity contribution in [3.8, 4) is 11.1 Å². The molecule has 6 aromatic rings. The number of rotatable bonds is 7. The number of anilines is 1. The molecule has 1 aromatic heterocycles. The maximum atomic E-state index is 13.9. The molecule has 0 atom stereocenters. The lowest BCUT2D eigenvalue weighted by atomic mass is 9.91. The van der Waals surface area contributed by atoms with Gasteiger partial charge in [-0.1, -0.05) is 84.9 Å². The molecule has 208 valence electrons. The van der Waals surface area contributed by atoms with Crippen molar-refractivity contribution in [3.63, 3.8) is 0 Å². The summed E-state index contributed by atoms with van der Waals surface area (Å²) in [5, 5.41) is 15.2. The fraction of sp³-hybridized carbons (Fsp3) is 0.0857. The van der Waals surface area contributed by atoms with Gasteiger partial charge in [0.2, 0.25) is 0 Å². The van der Waals surface area contributed by atoms with Crippen LogP contribution in [0.4, 0.5) is 18.9 Å². The molecule has 0 saturated carbocycles. The Balaban J connectivity index is 1.42. The molecule has 0 aliphatic rings. The molecule has 0 saturated heterocycles. The smallest absolute Gasteiger partial charge is 0.418 e. The van der Waals surface area contributed by atoms with Crippen LogP contribution in [-0.4, -0.2) is 16.1 Å². The molecule has 2 N–H and O–H groups in total. The van der Waals surface area contributed by atoms with E-state index in [-0.39, 0.29) is 11.1 Å². The minimum atomic E-state index is -4.54. The number of halogens is 3. The number of nitrogens with one attached hydrogen (secondary N) is 1. The molecule has 0 aliphatic carbocycles. The zero-order valence-corrected chi connectivity index (χ0v) is 22.3. The lowest BCUT2D eigenvalue weighted by Crippen LogP contribution is -2.08. The van der Waals surface area contributed by atoms with Gasteiger partial charge >= 0.3 is 12.1 Å². The lowest BCUT2D eigenvalue weighted by molar-refractivity contribution is -0.136. The quantitative estimate of drug-likeness (QED) is 0.204. The summed E-state index contributed by atoms with van der Waals surface area (Å²) in [6.45, 7) is 0.317. The van der Waals surface area contributed by atoms with Gasteiger partial charge in [0.1, 0.15) is 0 Å². The number of aromatic carboxylic acids is 1. The van der Waals surface area contributed by atoms with Crippen molar-refractivity contribution in [1.29, 1.82) is 0 Å². The molecule has 0 radical (unpaired) electrons. The van der Waals surface area contributed by atoms with Crippen LogP contribution in [0.5, 0.6) is 0 Å². The van der Waals surface area contributed by atoms with E-state index in [9.17, 15) is 23.1 Å². The zero-order valence-electron chi connectivity index (χ0n) is 22.3. The summed E-state index contributed by atoms with van der Waals surface area (Å²) in [7, 11) is 0. The van der Waals surface area contributed by atoms with Crippen molar-refractivity contribution < 1.29 is 23.1 Å². The van der Waals surface area contributed by atoms with Crippen molar-refractivity contribution in [2.45, 2.75) is 19.1 Å². The Bertz CT molecular complexity index is 1940. The number of pyridine rings is 1. The zero-order chi connectivity index (χ0) is 29.3. The molecular weight excluding hydrogens is 537 g/mol. The molecule has 0 bridgehead atoms. The second-order valence-electron chi connectivity index (χ2n) is 10.1. The van der Waals surface area contributed by atoms with Gasteiger partial charge in [-0.3, -0.25) is 4.98 Å². The van der Waals surface area contributed by atoms with E-state index in [0.29, 0.717) is 29.6 Å². The highest BCUT2D eigenvalue weighted by molar-refractivity contribution is 6.01. The minimum absolute atomic E-state index is 0.0948. The van der Waals surface area contributed by atoms with Crippen LogP contribution in [0.15, 0.2) is 115 Å². The average Bonchev–Trinajstić information content (AvgIpc) is 2.99. The van der Waals surface area contributed by atoms with E-state index in [2.05, 4.69) is 10.3 Å². The molecule has 0 spiro atoms. The fourth-order valence-electron chi connectivity index (χ4n) is 5.38. The second-order valence-corrected chi connectivity index (χ2v) is 10.1. The van der Waals surface area contributed by atoms with Gasteiger partial charge in [0, 0.05) is 23.8 Å². The highest BCUT2D eigenvalue weighted by atomic mass is 19.4. The van der Waals surface area contributed by atoms with Gasteiger partial charge in [0.15, 0.2) is 0 Å². The van der Waals surface area contributed by atoms with Crippen molar-refractivity contribution >= 4 is 33.3 Å². The van der Waals surface area contributed by atoms with Gasteiger partial charge in [-0.2, -0.15) is 13.2 Å². The topological polar surface area (TPSA) is 62.2 Å². The monoisotopic (exact) mass is 562 g/mol. The van der Waals surface area contributed by atoms with E-state index in [4.69, 9.17) is 0 Å². The first kappa shape index (κ1) is 27.0. The number of carboxylic acid groups (broad SMARTS) is 1. The van der Waals surface area contributed by atoms with Crippen LogP contribution in [-0.2, 0) is 19.1 Å². The van der Waals surface area contributed by atoms with E-state index in [1.165, 1.54) is 6.07 Å². The van der Waals surface area contributed by atoms with Gasteiger partial charge in [0.05, 0.1) is 16.6 Å². The Labute approximate surface area is 240 Å². The summed E-state index contributed by atoms with van der Waals surface area (Å²) in [6.07, 6.45) is -2.51. The minimum Gasteiger partial charge on any atom is -0.478 e. The number of aromatic nitrogens is 1. The summed E-state index contributed by atoms with van der Waals surface area (Å²) in [4.78, 5) is 16.3. The van der Waals surface area contributed by atoms with Crippen LogP contribution in [0, 0.1) is 0 Å². The van der Waals surface area contributed by atoms with Crippen molar-refractivity contribution in [2.24, 2.45) is 0 Å². The van der Waals surface area contributed by atoms with Crippen LogP contribution in [0.2, 0.25) is 0 Å². The Morgan fingerprint density at radius 1 is 0.786 bits per heavy atom. The third kappa shape index (κ3) is 5.41. The van der Waals surface area contributed by atoms with Gasteiger partial charge in [0.25, 0.3) is 0 Å². The van der Waals surface area contributed by atoms with Crippen LogP contribution < -0.4 is 5.32 Å². The Morgan fingerprint density at radius 3 is 2.21 bits per heavy atom. The van der Waals surface area contributed by atoms with Crippen molar-refractivity contribution in [2.75, 3.05) is 5.32 Å². The first-order valence-corrected chi connectivity index (χ1v) is 13.4. The number of benzene rings is 5. The molecule has 0 fully saturated rings. The molecule has 5 aromatic carbocycles. The Morgan fingerprint density at radius 2 is 1.48 bits per heavy atom. The van der Waals surface area contributed by atoms with Crippen LogP contribution in [0.1, 0.15) is 32.6 Å². The summed E-state index contributed by atoms with van der Waals surface area (Å²) in [5.41, 5.74) is 3.89. The number of hydrogen-bond acceptors (Lipinski definition) is 3. The summed E-state index contributed by atoms with van der Waals surface area (Å²) in [6, 6.07) is 32.5. The molecule has 0 amide bonds. The predicted molar refractivity (Wildman–Crippen MR) is 160 cm³/mol. The second kappa shape index (κ2) is 11.0. The Hall–Kier alpha value is -5.17. The summed E-state index contributed by atoms with van der Waals surface area (Å²) in [5.74, 6) is -1.04. The van der Waals surface area contributed by atoms with Gasteiger partial charge < -0.3 is 10.4 Å². The number of hydrogen-bond donors (Lipinski definition) is 2. The number of nitrogens with zero attached hydrogens (tertiary/aromatic N) is 1. The largest absolute Gasteiger partial charge is 0.478 e. The van der Waals surface area contributed by atoms with Crippen LogP contribution >= 0.6 is 0 Å². The molecule has 0 aliphatic heterocycles. The molecule has 6 rings (SSSR count). The summed E-state index contributed by atoms with van der Waals surface area (Å²) < 4.78 is 41.8. The molecular formula is C35H25F3N2O2. The SMILES string of the molecule is O=C(O)c1cc2ccccc2cc1NCc1cccc(-c2c(Cc3ccccc3)cnc3c(C(F)(F)F)cccc23)c1. The van der Waals surface area contributed by atoms with Gasteiger partial charge in [-0.15, -0.1) is 0 Å². The van der Waals surface area contributed by atoms with E-state index < -0.39 is 17.7 Å². The highest BCUT2D eigenvalue weighted by Crippen LogP contribution is 2.39. The highest BCUT2D eigenvalue weighted by Gasteiger charge is 2.33. The van der Waals surface area contributed by atoms with Crippen LogP contribution in [0.3, 0.4) is 0 Å². The van der Waals surface area contributed by atoms with Gasteiger partial charge in [-0.05, 0) is 69.3 Å².